The number of nitrogens with zero attached hydrogens (tertiary/aromatic N) is 1. The molecule has 0 radical (unpaired) electrons. The minimum absolute atomic E-state index is 0.171. The monoisotopic (exact) mass is 294 g/mol. The Kier molecular flexibility index (Phi) is 5.62. The second-order valence-corrected chi connectivity index (χ2v) is 7.44. The summed E-state index contributed by atoms with van der Waals surface area (Å²) in [6.45, 7) is 10.1. The van der Waals surface area contributed by atoms with Gasteiger partial charge in [0.05, 0.1) is 11.2 Å². The minimum atomic E-state index is 0.171. The number of aryl methyl sites for hydroxylation is 2. The number of hydrogen-bond donors (Lipinski definition) is 1. The average Bonchev–Trinajstić information content (AvgIpc) is 2.87. The second-order valence-electron chi connectivity index (χ2n) is 6.24. The zero-order valence-electron chi connectivity index (χ0n) is 13.6. The molecule has 2 rings (SSSR count). The molecule has 20 heavy (non-hydrogen) atoms. The van der Waals surface area contributed by atoms with Crippen molar-refractivity contribution in [3.63, 3.8) is 0 Å². The Balaban J connectivity index is 2.22. The molecule has 1 aliphatic carbocycles. The molecule has 0 atom stereocenters. The number of rotatable bonds is 6. The predicted molar refractivity (Wildman–Crippen MR) is 88.4 cm³/mol. The molecule has 1 fully saturated rings. The summed E-state index contributed by atoms with van der Waals surface area (Å²) < 4.78 is 0. The molecular weight excluding hydrogens is 264 g/mol. The molecule has 0 spiro atoms. The first kappa shape index (κ1) is 16.0. The van der Waals surface area contributed by atoms with Gasteiger partial charge in [0, 0.05) is 4.88 Å². The zero-order valence-corrected chi connectivity index (χ0v) is 14.4. The van der Waals surface area contributed by atoms with Crippen molar-refractivity contribution in [2.24, 2.45) is 5.92 Å². The first-order chi connectivity index (χ1) is 9.65. The largest absolute Gasteiger partial charge is 0.305 e. The van der Waals surface area contributed by atoms with Crippen LogP contribution >= 0.6 is 11.3 Å². The topological polar surface area (TPSA) is 24.9 Å². The lowest BCUT2D eigenvalue weighted by molar-refractivity contribution is 0.185. The van der Waals surface area contributed by atoms with Crippen molar-refractivity contribution in [3.05, 3.63) is 15.6 Å². The lowest BCUT2D eigenvalue weighted by Gasteiger charge is -2.39. The Morgan fingerprint density at radius 1 is 1.25 bits per heavy atom. The van der Waals surface area contributed by atoms with E-state index in [9.17, 15) is 0 Å². The number of thiazole rings is 1. The third-order valence-electron chi connectivity index (χ3n) is 4.89. The maximum atomic E-state index is 4.98. The quantitative estimate of drug-likeness (QED) is 0.814. The fourth-order valence-corrected chi connectivity index (χ4v) is 4.60. The lowest BCUT2D eigenvalue weighted by Crippen LogP contribution is -2.45. The molecule has 0 saturated heterocycles. The van der Waals surface area contributed by atoms with Gasteiger partial charge in [0.1, 0.15) is 5.01 Å². The van der Waals surface area contributed by atoms with Crippen LogP contribution in [0.2, 0.25) is 0 Å². The van der Waals surface area contributed by atoms with Crippen molar-refractivity contribution in [3.8, 4) is 0 Å². The van der Waals surface area contributed by atoms with Crippen LogP contribution in [0.5, 0.6) is 0 Å². The van der Waals surface area contributed by atoms with Gasteiger partial charge in [0.2, 0.25) is 0 Å². The number of hydrogen-bond acceptors (Lipinski definition) is 3. The van der Waals surface area contributed by atoms with Gasteiger partial charge in [-0.25, -0.2) is 4.98 Å². The van der Waals surface area contributed by atoms with E-state index < -0.39 is 0 Å². The number of nitrogens with one attached hydrogen (secondary N) is 1. The summed E-state index contributed by atoms with van der Waals surface area (Å²) in [5, 5.41) is 5.21. The predicted octanol–water partition coefficient (Wildman–Crippen LogP) is 4.81. The molecular formula is C17H30N2S. The molecule has 1 aliphatic rings. The van der Waals surface area contributed by atoms with Gasteiger partial charge in [-0.2, -0.15) is 0 Å². The molecule has 0 unspecified atom stereocenters. The summed E-state index contributed by atoms with van der Waals surface area (Å²) in [6, 6.07) is 0. The van der Waals surface area contributed by atoms with Crippen molar-refractivity contribution in [1.82, 2.24) is 10.3 Å². The van der Waals surface area contributed by atoms with E-state index in [-0.39, 0.29) is 5.54 Å². The van der Waals surface area contributed by atoms with E-state index in [4.69, 9.17) is 4.98 Å². The average molecular weight is 295 g/mol. The fourth-order valence-electron chi connectivity index (χ4n) is 3.37. The maximum absolute atomic E-state index is 4.98. The van der Waals surface area contributed by atoms with Crippen LogP contribution in [0.3, 0.4) is 0 Å². The SMILES string of the molecule is CCCNC1(c2nc(CC)c(C)s2)CCC(CC)CC1. The van der Waals surface area contributed by atoms with Crippen LogP contribution in [0, 0.1) is 12.8 Å². The molecule has 2 nitrogen and oxygen atoms in total. The molecule has 0 aromatic carbocycles. The van der Waals surface area contributed by atoms with Gasteiger partial charge in [0.15, 0.2) is 0 Å². The zero-order chi connectivity index (χ0) is 14.6. The third-order valence-corrected chi connectivity index (χ3v) is 6.10. The van der Waals surface area contributed by atoms with E-state index in [1.807, 2.05) is 11.3 Å². The fraction of sp³-hybridized carbons (Fsp3) is 0.824. The molecule has 114 valence electrons. The standard InChI is InChI=1S/C17H30N2S/c1-5-12-18-17(10-8-14(6-2)9-11-17)16-19-15(7-3)13(4)20-16/h14,18H,5-12H2,1-4H3. The van der Waals surface area contributed by atoms with Gasteiger partial charge in [-0.05, 0) is 57.9 Å². The van der Waals surface area contributed by atoms with E-state index in [1.54, 1.807) is 0 Å². The Labute approximate surface area is 128 Å². The Bertz CT molecular complexity index is 417. The molecule has 0 bridgehead atoms. The van der Waals surface area contributed by atoms with E-state index in [0.717, 1.165) is 18.9 Å². The van der Waals surface area contributed by atoms with Gasteiger partial charge < -0.3 is 5.32 Å². The molecule has 3 heteroatoms. The molecule has 1 aromatic rings. The molecule has 1 aromatic heterocycles. The van der Waals surface area contributed by atoms with Gasteiger partial charge in [-0.3, -0.25) is 0 Å². The molecule has 1 N–H and O–H groups in total. The van der Waals surface area contributed by atoms with E-state index >= 15 is 0 Å². The number of aromatic nitrogens is 1. The van der Waals surface area contributed by atoms with Crippen molar-refractivity contribution in [2.45, 2.75) is 78.2 Å². The highest BCUT2D eigenvalue weighted by molar-refractivity contribution is 7.11. The summed E-state index contributed by atoms with van der Waals surface area (Å²) in [4.78, 5) is 6.40. The molecule has 1 saturated carbocycles. The summed E-state index contributed by atoms with van der Waals surface area (Å²) in [5.74, 6) is 0.929. The van der Waals surface area contributed by atoms with Gasteiger partial charge >= 0.3 is 0 Å². The Morgan fingerprint density at radius 3 is 2.45 bits per heavy atom. The molecule has 1 heterocycles. The third kappa shape index (κ3) is 3.25. The van der Waals surface area contributed by atoms with Crippen molar-refractivity contribution in [2.75, 3.05) is 6.54 Å². The summed E-state index contributed by atoms with van der Waals surface area (Å²) in [6.07, 6.45) is 8.83. The highest BCUT2D eigenvalue weighted by Gasteiger charge is 2.38. The second kappa shape index (κ2) is 7.04. The first-order valence-corrected chi connectivity index (χ1v) is 9.18. The van der Waals surface area contributed by atoms with Gasteiger partial charge in [-0.1, -0.05) is 27.2 Å². The summed E-state index contributed by atoms with van der Waals surface area (Å²) in [7, 11) is 0. The first-order valence-electron chi connectivity index (χ1n) is 8.37. The minimum Gasteiger partial charge on any atom is -0.305 e. The maximum Gasteiger partial charge on any atom is 0.113 e. The molecule has 0 amide bonds. The van der Waals surface area contributed by atoms with Crippen molar-refractivity contribution >= 4 is 11.3 Å². The van der Waals surface area contributed by atoms with E-state index in [1.165, 1.54) is 54.1 Å². The summed E-state index contributed by atoms with van der Waals surface area (Å²) in [5.41, 5.74) is 1.48. The normalized spacial score (nSPS) is 26.9. The highest BCUT2D eigenvalue weighted by Crippen LogP contribution is 2.42. The van der Waals surface area contributed by atoms with E-state index in [2.05, 4.69) is 33.0 Å². The van der Waals surface area contributed by atoms with Crippen molar-refractivity contribution < 1.29 is 0 Å². The van der Waals surface area contributed by atoms with Crippen LogP contribution in [-0.2, 0) is 12.0 Å². The van der Waals surface area contributed by atoms with Gasteiger partial charge in [0.25, 0.3) is 0 Å². The van der Waals surface area contributed by atoms with Crippen molar-refractivity contribution in [1.29, 1.82) is 0 Å². The van der Waals surface area contributed by atoms with Gasteiger partial charge in [-0.15, -0.1) is 11.3 Å². The Morgan fingerprint density at radius 2 is 1.95 bits per heavy atom. The van der Waals surface area contributed by atoms with Crippen LogP contribution in [0.4, 0.5) is 0 Å². The highest BCUT2D eigenvalue weighted by atomic mass is 32.1. The lowest BCUT2D eigenvalue weighted by atomic mass is 9.76. The van der Waals surface area contributed by atoms with Crippen LogP contribution in [0.15, 0.2) is 0 Å². The van der Waals surface area contributed by atoms with Crippen LogP contribution in [-0.4, -0.2) is 11.5 Å². The molecule has 0 aliphatic heterocycles. The van der Waals surface area contributed by atoms with E-state index in [0.29, 0.717) is 0 Å². The van der Waals surface area contributed by atoms with Crippen LogP contribution in [0.1, 0.15) is 74.9 Å². The van der Waals surface area contributed by atoms with Crippen LogP contribution in [0.25, 0.3) is 0 Å². The Hall–Kier alpha value is -0.410. The smallest absolute Gasteiger partial charge is 0.113 e. The summed E-state index contributed by atoms with van der Waals surface area (Å²) >= 11 is 1.93. The van der Waals surface area contributed by atoms with Crippen LogP contribution < -0.4 is 5.32 Å².